The van der Waals surface area contributed by atoms with Gasteiger partial charge in [0.2, 0.25) is 0 Å². The molecule has 0 radical (unpaired) electrons. The molecule has 0 amide bonds. The van der Waals surface area contributed by atoms with Crippen molar-refractivity contribution < 1.29 is 23.6 Å². The molecule has 7 nitrogen and oxygen atoms in total. The first-order chi connectivity index (χ1) is 14.0. The summed E-state index contributed by atoms with van der Waals surface area (Å²) in [5, 5.41) is 11.3. The van der Waals surface area contributed by atoms with E-state index in [0.29, 0.717) is 22.8 Å². The lowest BCUT2D eigenvalue weighted by atomic mass is 10.1. The summed E-state index contributed by atoms with van der Waals surface area (Å²) in [4.78, 5) is 22.7. The number of furan rings is 1. The second-order valence-electron chi connectivity index (χ2n) is 5.89. The van der Waals surface area contributed by atoms with Crippen molar-refractivity contribution in [1.29, 1.82) is 0 Å². The maximum Gasteiger partial charge on any atom is 0.312 e. The number of hydrogen-bond acceptors (Lipinski definition) is 6. The molecule has 0 saturated carbocycles. The number of carbonyl (C=O) groups excluding carboxylic acids is 1. The second kappa shape index (κ2) is 9.07. The SMILES string of the molecule is COc1ccc(C(=O)/C=C/c2ccc(COc3ccc(Cl)cc3[N+](=O)[O-])o2)cc1. The van der Waals surface area contributed by atoms with Crippen LogP contribution in [0.4, 0.5) is 5.69 Å². The normalized spacial score (nSPS) is 10.8. The molecule has 0 aliphatic rings. The van der Waals surface area contributed by atoms with Crippen LogP contribution in [-0.2, 0) is 6.61 Å². The third-order valence-corrected chi connectivity index (χ3v) is 4.18. The number of benzene rings is 2. The van der Waals surface area contributed by atoms with Gasteiger partial charge in [-0.15, -0.1) is 0 Å². The molecule has 3 aromatic rings. The Hall–Kier alpha value is -3.58. The first-order valence-corrected chi connectivity index (χ1v) is 8.86. The van der Waals surface area contributed by atoms with Crippen LogP contribution in [-0.4, -0.2) is 17.8 Å². The Morgan fingerprint density at radius 2 is 1.93 bits per heavy atom. The Balaban J connectivity index is 1.63. The number of hydrogen-bond donors (Lipinski definition) is 0. The summed E-state index contributed by atoms with van der Waals surface area (Å²) in [6.45, 7) is -0.0112. The van der Waals surface area contributed by atoms with E-state index in [-0.39, 0.29) is 28.8 Å². The van der Waals surface area contributed by atoms with Gasteiger partial charge in [-0.2, -0.15) is 0 Å². The van der Waals surface area contributed by atoms with Gasteiger partial charge >= 0.3 is 5.69 Å². The number of nitrogens with zero attached hydrogens (tertiary/aromatic N) is 1. The van der Waals surface area contributed by atoms with Crippen molar-refractivity contribution >= 4 is 29.1 Å². The Labute approximate surface area is 171 Å². The third kappa shape index (κ3) is 5.24. The highest BCUT2D eigenvalue weighted by molar-refractivity contribution is 6.30. The van der Waals surface area contributed by atoms with Crippen molar-refractivity contribution in [2.24, 2.45) is 0 Å². The standard InChI is InChI=1S/C21H16ClNO6/c1-27-16-5-2-14(3-6-16)20(24)10-9-17-7-8-18(29-17)13-28-21-11-4-15(22)12-19(21)23(25)26/h2-12H,13H2,1H3/b10-9+. The Bertz CT molecular complexity index is 1060. The van der Waals surface area contributed by atoms with E-state index in [0.717, 1.165) is 0 Å². The van der Waals surface area contributed by atoms with Crippen molar-refractivity contribution in [3.8, 4) is 11.5 Å². The minimum Gasteiger partial charge on any atom is -0.497 e. The average Bonchev–Trinajstić information content (AvgIpc) is 3.19. The zero-order chi connectivity index (χ0) is 20.8. The van der Waals surface area contributed by atoms with Gasteiger partial charge in [0.15, 0.2) is 11.5 Å². The van der Waals surface area contributed by atoms with Crippen LogP contribution < -0.4 is 9.47 Å². The fourth-order valence-corrected chi connectivity index (χ4v) is 2.64. The van der Waals surface area contributed by atoms with Gasteiger partial charge in [-0.1, -0.05) is 11.6 Å². The fourth-order valence-electron chi connectivity index (χ4n) is 2.48. The van der Waals surface area contributed by atoms with Crippen molar-refractivity contribution in [2.75, 3.05) is 7.11 Å². The number of nitro benzene ring substituents is 1. The van der Waals surface area contributed by atoms with E-state index in [9.17, 15) is 14.9 Å². The zero-order valence-corrected chi connectivity index (χ0v) is 16.1. The monoisotopic (exact) mass is 413 g/mol. The van der Waals surface area contributed by atoms with E-state index >= 15 is 0 Å². The molecule has 0 spiro atoms. The van der Waals surface area contributed by atoms with E-state index in [2.05, 4.69) is 0 Å². The summed E-state index contributed by atoms with van der Waals surface area (Å²) in [5.41, 5.74) is 0.293. The van der Waals surface area contributed by atoms with Crippen LogP contribution in [0.1, 0.15) is 21.9 Å². The molecule has 0 atom stereocenters. The van der Waals surface area contributed by atoms with Crippen LogP contribution in [0, 0.1) is 10.1 Å². The lowest BCUT2D eigenvalue weighted by Crippen LogP contribution is -1.98. The highest BCUT2D eigenvalue weighted by atomic mass is 35.5. The molecular weight excluding hydrogens is 398 g/mol. The molecule has 0 bridgehead atoms. The molecule has 1 aromatic heterocycles. The van der Waals surface area contributed by atoms with Gasteiger partial charge in [0.1, 0.15) is 23.9 Å². The quantitative estimate of drug-likeness (QED) is 0.214. The van der Waals surface area contributed by atoms with Crippen molar-refractivity contribution in [1.82, 2.24) is 0 Å². The van der Waals surface area contributed by atoms with Gasteiger partial charge in [-0.05, 0) is 60.7 Å². The van der Waals surface area contributed by atoms with E-state index in [1.807, 2.05) is 0 Å². The number of methoxy groups -OCH3 is 1. The molecule has 3 rings (SSSR count). The summed E-state index contributed by atoms with van der Waals surface area (Å²) in [5.74, 6) is 1.48. The van der Waals surface area contributed by atoms with E-state index in [1.165, 1.54) is 24.3 Å². The highest BCUT2D eigenvalue weighted by Crippen LogP contribution is 2.30. The first kappa shape index (κ1) is 20.2. The summed E-state index contributed by atoms with van der Waals surface area (Å²) >= 11 is 5.78. The highest BCUT2D eigenvalue weighted by Gasteiger charge is 2.16. The number of allylic oxidation sites excluding steroid dienone is 1. The smallest absolute Gasteiger partial charge is 0.312 e. The number of halogens is 1. The molecule has 1 heterocycles. The molecule has 0 aliphatic carbocycles. The van der Waals surface area contributed by atoms with E-state index < -0.39 is 4.92 Å². The number of ether oxygens (including phenoxy) is 2. The van der Waals surface area contributed by atoms with Crippen molar-refractivity contribution in [3.63, 3.8) is 0 Å². The number of nitro groups is 1. The molecule has 148 valence electrons. The molecular formula is C21H16ClNO6. The molecule has 29 heavy (non-hydrogen) atoms. The number of carbonyl (C=O) groups is 1. The zero-order valence-electron chi connectivity index (χ0n) is 15.3. The van der Waals surface area contributed by atoms with Gasteiger partial charge in [0.25, 0.3) is 0 Å². The second-order valence-corrected chi connectivity index (χ2v) is 6.32. The van der Waals surface area contributed by atoms with Crippen LogP contribution in [0.25, 0.3) is 6.08 Å². The van der Waals surface area contributed by atoms with Gasteiger partial charge in [-0.3, -0.25) is 14.9 Å². The topological polar surface area (TPSA) is 91.8 Å². The first-order valence-electron chi connectivity index (χ1n) is 8.48. The van der Waals surface area contributed by atoms with Crippen LogP contribution in [0.5, 0.6) is 11.5 Å². The van der Waals surface area contributed by atoms with Gasteiger partial charge in [-0.25, -0.2) is 0 Å². The molecule has 8 heteroatoms. The van der Waals surface area contributed by atoms with Crippen LogP contribution >= 0.6 is 11.6 Å². The molecule has 0 aliphatic heterocycles. The minimum absolute atomic E-state index is 0.0112. The molecule has 0 fully saturated rings. The maximum atomic E-state index is 12.2. The van der Waals surface area contributed by atoms with Gasteiger partial charge in [0, 0.05) is 16.7 Å². The lowest BCUT2D eigenvalue weighted by molar-refractivity contribution is -0.385. The molecule has 0 N–H and O–H groups in total. The summed E-state index contributed by atoms with van der Waals surface area (Å²) in [7, 11) is 1.56. The molecule has 0 unspecified atom stereocenters. The predicted molar refractivity (Wildman–Crippen MR) is 108 cm³/mol. The average molecular weight is 414 g/mol. The Kier molecular flexibility index (Phi) is 6.31. The van der Waals surface area contributed by atoms with Gasteiger partial charge in [0.05, 0.1) is 12.0 Å². The molecule has 0 saturated heterocycles. The number of rotatable bonds is 8. The number of ketones is 1. The lowest BCUT2D eigenvalue weighted by Gasteiger charge is -2.05. The largest absolute Gasteiger partial charge is 0.497 e. The van der Waals surface area contributed by atoms with E-state index in [4.69, 9.17) is 25.5 Å². The Morgan fingerprint density at radius 1 is 1.17 bits per heavy atom. The summed E-state index contributed by atoms with van der Waals surface area (Å²) in [6, 6.07) is 14.3. The van der Waals surface area contributed by atoms with Crippen molar-refractivity contribution in [2.45, 2.75) is 6.61 Å². The van der Waals surface area contributed by atoms with Crippen LogP contribution in [0.15, 0.2) is 65.1 Å². The maximum absolute atomic E-state index is 12.2. The van der Waals surface area contributed by atoms with Crippen LogP contribution in [0.3, 0.4) is 0 Å². The van der Waals surface area contributed by atoms with E-state index in [1.54, 1.807) is 49.6 Å². The van der Waals surface area contributed by atoms with Gasteiger partial charge < -0.3 is 13.9 Å². The van der Waals surface area contributed by atoms with Crippen LogP contribution in [0.2, 0.25) is 5.02 Å². The van der Waals surface area contributed by atoms with Crippen molar-refractivity contribution in [3.05, 3.63) is 92.9 Å². The predicted octanol–water partition coefficient (Wildman–Crippen LogP) is 5.32. The molecule has 2 aromatic carbocycles. The minimum atomic E-state index is -0.567. The fraction of sp³-hybridized carbons (Fsp3) is 0.0952. The third-order valence-electron chi connectivity index (χ3n) is 3.94. The summed E-state index contributed by atoms with van der Waals surface area (Å²) in [6.07, 6.45) is 2.94. The Morgan fingerprint density at radius 3 is 2.62 bits per heavy atom. The summed E-state index contributed by atoms with van der Waals surface area (Å²) < 4.78 is 16.1.